The van der Waals surface area contributed by atoms with Crippen molar-refractivity contribution in [3.8, 4) is 0 Å². The zero-order chi connectivity index (χ0) is 16.1. The van der Waals surface area contributed by atoms with Gasteiger partial charge in [0.25, 0.3) is 11.8 Å². The maximum absolute atomic E-state index is 12.0. The Balaban J connectivity index is 1.94. The first-order valence-electron chi connectivity index (χ1n) is 6.51. The van der Waals surface area contributed by atoms with E-state index in [4.69, 9.17) is 0 Å². The molecule has 7 heteroatoms. The lowest BCUT2D eigenvalue weighted by Gasteiger charge is -2.08. The Bertz CT molecular complexity index is 683. The zero-order valence-electron chi connectivity index (χ0n) is 12.2. The molecule has 0 saturated carbocycles. The molecule has 2 aromatic rings. The van der Waals surface area contributed by atoms with E-state index in [0.29, 0.717) is 11.3 Å². The highest BCUT2D eigenvalue weighted by Crippen LogP contribution is 2.13. The second kappa shape index (κ2) is 7.51. The number of hydrazine groups is 1. The number of nitrogens with zero attached hydrogens (tertiary/aromatic N) is 1. The third-order valence-electron chi connectivity index (χ3n) is 3.02. The molecular formula is C15H16BrN3O2S. The Morgan fingerprint density at radius 2 is 1.82 bits per heavy atom. The normalized spacial score (nSPS) is 10.3. The summed E-state index contributed by atoms with van der Waals surface area (Å²) >= 11 is 5.02. The molecule has 2 amide bonds. The monoisotopic (exact) mass is 381 g/mol. The maximum Gasteiger partial charge on any atom is 0.286 e. The number of carbonyl (C=O) groups excluding carboxylic acids is 2. The van der Waals surface area contributed by atoms with Gasteiger partial charge < -0.3 is 4.57 Å². The minimum Gasteiger partial charge on any atom is -0.345 e. The molecule has 0 aliphatic rings. The lowest BCUT2D eigenvalue weighted by molar-refractivity contribution is 0.0842. The fraction of sp³-hybridized carbons (Fsp3) is 0.200. The summed E-state index contributed by atoms with van der Waals surface area (Å²) in [7, 11) is 1.76. The van der Waals surface area contributed by atoms with Crippen LogP contribution >= 0.6 is 27.7 Å². The second-order valence-corrected chi connectivity index (χ2v) is 6.47. The van der Waals surface area contributed by atoms with Crippen molar-refractivity contribution in [2.45, 2.75) is 5.75 Å². The standard InChI is InChI=1S/C15H16BrN3O2S/c1-19-8-12(16)7-13(19)15(21)18-17-14(20)11-5-3-10(4-6-11)9-22-2/h3-8H,9H2,1-2H3,(H,17,20)(H,18,21). The number of halogens is 1. The zero-order valence-corrected chi connectivity index (χ0v) is 14.6. The Morgan fingerprint density at radius 3 is 2.36 bits per heavy atom. The van der Waals surface area contributed by atoms with Gasteiger partial charge in [-0.05, 0) is 45.9 Å². The largest absolute Gasteiger partial charge is 0.345 e. The predicted octanol–water partition coefficient (Wildman–Crippen LogP) is 2.73. The summed E-state index contributed by atoms with van der Waals surface area (Å²) in [5.74, 6) is 0.180. The number of aryl methyl sites for hydroxylation is 1. The Morgan fingerprint density at radius 1 is 1.18 bits per heavy atom. The van der Waals surface area contributed by atoms with Crippen LogP contribution in [0.4, 0.5) is 0 Å². The fourth-order valence-electron chi connectivity index (χ4n) is 1.92. The van der Waals surface area contributed by atoms with Gasteiger partial charge in [-0.1, -0.05) is 12.1 Å². The molecular weight excluding hydrogens is 366 g/mol. The van der Waals surface area contributed by atoms with Crippen molar-refractivity contribution in [2.24, 2.45) is 7.05 Å². The van der Waals surface area contributed by atoms with Gasteiger partial charge in [0.2, 0.25) is 0 Å². The third-order valence-corrected chi connectivity index (χ3v) is 4.08. The molecule has 2 rings (SSSR count). The van der Waals surface area contributed by atoms with Gasteiger partial charge in [-0.2, -0.15) is 11.8 Å². The highest BCUT2D eigenvalue weighted by Gasteiger charge is 2.12. The van der Waals surface area contributed by atoms with Gasteiger partial charge in [0, 0.05) is 29.0 Å². The number of aromatic nitrogens is 1. The summed E-state index contributed by atoms with van der Waals surface area (Å²) in [6.07, 6.45) is 3.79. The Hall–Kier alpha value is -1.73. The lowest BCUT2D eigenvalue weighted by atomic mass is 10.1. The minimum atomic E-state index is -0.374. The number of rotatable bonds is 4. The Kier molecular flexibility index (Phi) is 5.68. The molecule has 0 radical (unpaired) electrons. The van der Waals surface area contributed by atoms with E-state index >= 15 is 0 Å². The molecule has 1 aromatic heterocycles. The van der Waals surface area contributed by atoms with Gasteiger partial charge in [-0.3, -0.25) is 20.4 Å². The van der Waals surface area contributed by atoms with Crippen molar-refractivity contribution in [3.63, 3.8) is 0 Å². The quantitative estimate of drug-likeness (QED) is 0.800. The van der Waals surface area contributed by atoms with Crippen LogP contribution in [0.15, 0.2) is 41.0 Å². The van der Waals surface area contributed by atoms with E-state index < -0.39 is 0 Å². The van der Waals surface area contributed by atoms with Crippen LogP contribution in [-0.2, 0) is 12.8 Å². The average molecular weight is 382 g/mol. The number of benzene rings is 1. The van der Waals surface area contributed by atoms with Gasteiger partial charge >= 0.3 is 0 Å². The summed E-state index contributed by atoms with van der Waals surface area (Å²) < 4.78 is 2.47. The number of amides is 2. The third kappa shape index (κ3) is 4.14. The number of carbonyl (C=O) groups is 2. The van der Waals surface area contributed by atoms with Crippen molar-refractivity contribution in [2.75, 3.05) is 6.26 Å². The van der Waals surface area contributed by atoms with Gasteiger partial charge in [0.1, 0.15) is 5.69 Å². The minimum absolute atomic E-state index is 0.350. The number of thioether (sulfide) groups is 1. The molecule has 0 unspecified atom stereocenters. The van der Waals surface area contributed by atoms with E-state index in [2.05, 4.69) is 26.8 Å². The highest BCUT2D eigenvalue weighted by atomic mass is 79.9. The summed E-state index contributed by atoms with van der Waals surface area (Å²) in [5, 5.41) is 0. The molecule has 116 valence electrons. The van der Waals surface area contributed by atoms with Gasteiger partial charge in [-0.25, -0.2) is 0 Å². The van der Waals surface area contributed by atoms with Crippen LogP contribution < -0.4 is 10.9 Å². The summed E-state index contributed by atoms with van der Waals surface area (Å²) in [5.41, 5.74) is 6.92. The lowest BCUT2D eigenvalue weighted by Crippen LogP contribution is -2.42. The van der Waals surface area contributed by atoms with E-state index in [1.165, 1.54) is 0 Å². The molecule has 0 spiro atoms. The number of hydrogen-bond acceptors (Lipinski definition) is 3. The molecule has 0 atom stereocenters. The molecule has 0 bridgehead atoms. The molecule has 0 aliphatic carbocycles. The van der Waals surface area contributed by atoms with E-state index in [0.717, 1.165) is 15.8 Å². The first-order chi connectivity index (χ1) is 10.5. The molecule has 1 aromatic carbocycles. The van der Waals surface area contributed by atoms with Crippen LogP contribution in [0, 0.1) is 0 Å². The van der Waals surface area contributed by atoms with Crippen molar-refractivity contribution in [1.29, 1.82) is 0 Å². The van der Waals surface area contributed by atoms with Gasteiger partial charge in [0.05, 0.1) is 0 Å². The highest BCUT2D eigenvalue weighted by molar-refractivity contribution is 9.10. The number of hydrogen-bond donors (Lipinski definition) is 2. The maximum atomic E-state index is 12.0. The van der Waals surface area contributed by atoms with E-state index in [9.17, 15) is 9.59 Å². The fourth-order valence-corrected chi connectivity index (χ4v) is 2.97. The van der Waals surface area contributed by atoms with Crippen LogP contribution in [0.3, 0.4) is 0 Å². The molecule has 0 aliphatic heterocycles. The van der Waals surface area contributed by atoms with Crippen LogP contribution in [0.1, 0.15) is 26.4 Å². The van der Waals surface area contributed by atoms with E-state index in [-0.39, 0.29) is 11.8 Å². The molecule has 2 N–H and O–H groups in total. The first-order valence-corrected chi connectivity index (χ1v) is 8.70. The topological polar surface area (TPSA) is 63.1 Å². The molecule has 0 saturated heterocycles. The SMILES string of the molecule is CSCc1ccc(C(=O)NNC(=O)c2cc(Br)cn2C)cc1. The second-order valence-electron chi connectivity index (χ2n) is 4.69. The van der Waals surface area contributed by atoms with Crippen molar-refractivity contribution >= 4 is 39.5 Å². The van der Waals surface area contributed by atoms with Crippen LogP contribution in [-0.4, -0.2) is 22.6 Å². The average Bonchev–Trinajstić information content (AvgIpc) is 2.84. The van der Waals surface area contributed by atoms with Crippen molar-refractivity contribution < 1.29 is 9.59 Å². The Labute approximate surface area is 141 Å². The van der Waals surface area contributed by atoms with Gasteiger partial charge in [-0.15, -0.1) is 0 Å². The molecule has 5 nitrogen and oxygen atoms in total. The van der Waals surface area contributed by atoms with Crippen molar-refractivity contribution in [3.05, 3.63) is 57.8 Å². The summed E-state index contributed by atoms with van der Waals surface area (Å²) in [6, 6.07) is 8.97. The summed E-state index contributed by atoms with van der Waals surface area (Å²) in [4.78, 5) is 24.0. The van der Waals surface area contributed by atoms with Crippen LogP contribution in [0.2, 0.25) is 0 Å². The molecule has 1 heterocycles. The predicted molar refractivity (Wildman–Crippen MR) is 91.7 cm³/mol. The van der Waals surface area contributed by atoms with Crippen LogP contribution in [0.5, 0.6) is 0 Å². The van der Waals surface area contributed by atoms with Gasteiger partial charge in [0.15, 0.2) is 0 Å². The van der Waals surface area contributed by atoms with E-state index in [1.54, 1.807) is 47.8 Å². The molecule has 0 fully saturated rings. The van der Waals surface area contributed by atoms with E-state index in [1.807, 2.05) is 18.4 Å². The van der Waals surface area contributed by atoms with Crippen LogP contribution in [0.25, 0.3) is 0 Å². The smallest absolute Gasteiger partial charge is 0.286 e. The first kappa shape index (κ1) is 16.6. The number of nitrogens with one attached hydrogen (secondary N) is 2. The molecule has 22 heavy (non-hydrogen) atoms. The summed E-state index contributed by atoms with van der Waals surface area (Å²) in [6.45, 7) is 0. The van der Waals surface area contributed by atoms with Crippen molar-refractivity contribution in [1.82, 2.24) is 15.4 Å².